The van der Waals surface area contributed by atoms with Crippen LogP contribution in [0.3, 0.4) is 0 Å². The zero-order valence-corrected chi connectivity index (χ0v) is 47.6. The van der Waals surface area contributed by atoms with Crippen molar-refractivity contribution in [3.63, 3.8) is 0 Å². The van der Waals surface area contributed by atoms with Gasteiger partial charge in [-0.05, 0) is 91.1 Å². The van der Waals surface area contributed by atoms with Gasteiger partial charge in [0.1, 0.15) is 11.5 Å². The molecule has 0 unspecified atom stereocenters. The van der Waals surface area contributed by atoms with Gasteiger partial charge in [0.05, 0.1) is 24.5 Å². The smallest absolute Gasteiger partial charge is 0.272 e. The van der Waals surface area contributed by atoms with Crippen molar-refractivity contribution in [2.45, 2.75) is 33.1 Å². The van der Waals surface area contributed by atoms with Crippen molar-refractivity contribution in [1.82, 2.24) is 14.0 Å². The summed E-state index contributed by atoms with van der Waals surface area (Å²) in [6.45, 7) is 8.44. The van der Waals surface area contributed by atoms with Crippen molar-refractivity contribution in [3.8, 4) is 101 Å². The number of hydrogen-bond donors (Lipinski definition) is 0. The number of aromatic nitrogens is 4. The molecule has 0 spiro atoms. The van der Waals surface area contributed by atoms with Crippen LogP contribution in [-0.4, -0.2) is 14.0 Å². The fourth-order valence-corrected chi connectivity index (χ4v) is 11.2. The van der Waals surface area contributed by atoms with Crippen LogP contribution in [0.25, 0.3) is 117 Å². The average Bonchev–Trinajstić information content (AvgIpc) is 1.67. The first-order valence-corrected chi connectivity index (χ1v) is 27.0. The number of para-hydroxylation sites is 1. The summed E-state index contributed by atoms with van der Waals surface area (Å²) in [5.41, 5.74) is 16.9. The Balaban J connectivity index is 0.00000700. The van der Waals surface area contributed by atoms with Crippen molar-refractivity contribution in [3.05, 3.63) is 285 Å². The number of oxazole rings is 1. The SMILES string of the molecule is [2H]c1c([2H])c([2H])c(-c2cnc(-n3c4[c-]c(Oc5[c-]c(-c6coc7c(-c8c(-c9ccccc9)cccc8-c8ccccc8)[n+](-c8c(-c9ccccc9)cccc8-c8ccccc8)[c-]n67)ccc5)ccc4c4cc(C(C)(C)C)ccc43)cc2C)c([2H])c1[2H].[Pt]. The van der Waals surface area contributed by atoms with E-state index in [4.69, 9.17) is 21.0 Å². The van der Waals surface area contributed by atoms with Gasteiger partial charge in [-0.1, -0.05) is 238 Å². The second kappa shape index (κ2) is 21.5. The number of nitrogens with zero attached hydrogens (tertiary/aromatic N) is 4. The molecule has 0 aliphatic carbocycles. The number of ether oxygens (including phenoxy) is 1. The van der Waals surface area contributed by atoms with Crippen LogP contribution in [0.5, 0.6) is 11.5 Å². The Labute approximate surface area is 499 Å². The Morgan fingerprint density at radius 1 is 0.561 bits per heavy atom. The Morgan fingerprint density at radius 2 is 1.13 bits per heavy atom. The molecule has 0 N–H and O–H groups in total. The molecule has 6 nitrogen and oxygen atoms in total. The summed E-state index contributed by atoms with van der Waals surface area (Å²) in [7, 11) is 0. The summed E-state index contributed by atoms with van der Waals surface area (Å²) >= 11 is 0. The van der Waals surface area contributed by atoms with Gasteiger partial charge in [0.2, 0.25) is 5.71 Å². The fourth-order valence-electron chi connectivity index (χ4n) is 11.2. The van der Waals surface area contributed by atoms with Crippen LogP contribution in [0.4, 0.5) is 0 Å². The monoisotopic (exact) mass is 1240 g/mol. The van der Waals surface area contributed by atoms with Crippen molar-refractivity contribution in [1.29, 1.82) is 0 Å². The maximum atomic E-state index is 8.73. The third-order valence-electron chi connectivity index (χ3n) is 15.1. The molecule has 4 heterocycles. The van der Waals surface area contributed by atoms with Crippen molar-refractivity contribution in [2.24, 2.45) is 0 Å². The van der Waals surface area contributed by atoms with E-state index in [9.17, 15) is 0 Å². The van der Waals surface area contributed by atoms with Gasteiger partial charge in [-0.15, -0.1) is 35.7 Å². The zero-order chi connectivity index (χ0) is 59.0. The van der Waals surface area contributed by atoms with Crippen molar-refractivity contribution < 1.29 is 41.6 Å². The van der Waals surface area contributed by atoms with Gasteiger partial charge < -0.3 is 13.7 Å². The molecule has 0 saturated carbocycles. The number of imidazole rings is 1. The van der Waals surface area contributed by atoms with Crippen LogP contribution < -0.4 is 9.30 Å². The standard InChI is InChI=1S/C75H54N4O2.Pt/c1-50-43-70(76-47-66(50)55-31-18-9-19-32-55)79-67-42-39-57(75(2,3)4)45-65(67)64-41-40-59(46-68(64)79)81-58-34-20-33-56(44-58)69-48-80-74-73(71-60(51-23-10-5-11-24-51)35-21-36-61(71)52-25-12-6-13-26-52)78(49-77(69)74)72-62(53-27-14-7-15-28-53)37-22-38-63(72)54-29-16-8-17-30-54;/h5-43,45,47-48H,1-4H3;/q-2;/i9D,18D,19D,31D,32D;. The van der Waals surface area contributed by atoms with E-state index in [1.54, 1.807) is 12.5 Å². The van der Waals surface area contributed by atoms with Crippen LogP contribution in [0.2, 0.25) is 0 Å². The second-order valence-electron chi connectivity index (χ2n) is 21.2. The van der Waals surface area contributed by atoms with E-state index in [1.807, 2.05) is 76.6 Å². The predicted octanol–water partition coefficient (Wildman–Crippen LogP) is 18.8. The van der Waals surface area contributed by atoms with Crippen LogP contribution in [0.15, 0.2) is 259 Å². The van der Waals surface area contributed by atoms with E-state index in [2.05, 4.69) is 195 Å². The quantitative estimate of drug-likeness (QED) is 0.0958. The van der Waals surface area contributed by atoms with Crippen LogP contribution in [0.1, 0.15) is 38.8 Å². The zero-order valence-electron chi connectivity index (χ0n) is 50.3. The molecular formula is C75H54N4O2Pt-2. The van der Waals surface area contributed by atoms with Gasteiger partial charge in [-0.2, -0.15) is 6.07 Å². The predicted molar refractivity (Wildman–Crippen MR) is 328 cm³/mol. The van der Waals surface area contributed by atoms with E-state index < -0.39 is 18.1 Å². The number of pyridine rings is 1. The van der Waals surface area contributed by atoms with Gasteiger partial charge in [0.15, 0.2) is 0 Å². The molecular weight excluding hydrogens is 1180 g/mol. The van der Waals surface area contributed by atoms with Crippen molar-refractivity contribution in [2.75, 3.05) is 0 Å². The topological polar surface area (TPSA) is 48.5 Å². The number of aryl methyl sites for hydroxylation is 1. The van der Waals surface area contributed by atoms with E-state index in [0.29, 0.717) is 50.9 Å². The average molecular weight is 1240 g/mol. The van der Waals surface area contributed by atoms with E-state index in [1.165, 1.54) is 0 Å². The number of fused-ring (bicyclic) bond motifs is 4. The molecule has 14 aromatic rings. The summed E-state index contributed by atoms with van der Waals surface area (Å²) in [5.74, 6) is 1.46. The van der Waals surface area contributed by atoms with Gasteiger partial charge >= 0.3 is 0 Å². The molecule has 0 saturated heterocycles. The van der Waals surface area contributed by atoms with E-state index in [-0.39, 0.29) is 44.1 Å². The molecule has 0 aliphatic rings. The third kappa shape index (κ3) is 9.35. The van der Waals surface area contributed by atoms with Gasteiger partial charge in [-0.3, -0.25) is 8.97 Å². The van der Waals surface area contributed by atoms with Crippen LogP contribution >= 0.6 is 0 Å². The Kier molecular flexibility index (Phi) is 12.1. The normalized spacial score (nSPS) is 12.4. The summed E-state index contributed by atoms with van der Waals surface area (Å²) in [6, 6.07) is 78.5. The molecule has 0 amide bonds. The Morgan fingerprint density at radius 3 is 1.73 bits per heavy atom. The maximum Gasteiger partial charge on any atom is 0.272 e. The number of benzene rings is 10. The number of rotatable bonds is 11. The minimum atomic E-state index is -0.442. The minimum Gasteiger partial charge on any atom is -0.503 e. The summed E-state index contributed by atoms with van der Waals surface area (Å²) in [4.78, 5) is 4.94. The molecule has 10 aromatic carbocycles. The third-order valence-corrected chi connectivity index (χ3v) is 15.1. The summed E-state index contributed by atoms with van der Waals surface area (Å²) in [6.07, 6.45) is 7.25. The second-order valence-corrected chi connectivity index (χ2v) is 21.2. The largest absolute Gasteiger partial charge is 0.503 e. The molecule has 4 aromatic heterocycles. The van der Waals surface area contributed by atoms with Gasteiger partial charge in [-0.25, -0.2) is 4.98 Å². The molecule has 0 fully saturated rings. The molecule has 0 atom stereocenters. The first-order chi connectivity index (χ1) is 41.8. The van der Waals surface area contributed by atoms with Gasteiger partial charge in [0.25, 0.3) is 6.33 Å². The molecule has 398 valence electrons. The Bertz CT molecular complexity index is 4820. The first-order valence-electron chi connectivity index (χ1n) is 29.5. The number of hydrogen-bond acceptors (Lipinski definition) is 3. The molecule has 0 aliphatic heterocycles. The fraction of sp³-hybridized carbons (Fsp3) is 0.0667. The van der Waals surface area contributed by atoms with Gasteiger partial charge in [0, 0.05) is 55.4 Å². The molecule has 0 bridgehead atoms. The molecule has 7 heteroatoms. The van der Waals surface area contributed by atoms with Crippen LogP contribution in [0, 0.1) is 25.4 Å². The minimum absolute atomic E-state index is 0. The van der Waals surface area contributed by atoms with Crippen LogP contribution in [-0.2, 0) is 26.5 Å². The molecule has 82 heavy (non-hydrogen) atoms. The molecule has 14 rings (SSSR count). The van der Waals surface area contributed by atoms with E-state index >= 15 is 0 Å². The van der Waals surface area contributed by atoms with E-state index in [0.717, 1.165) is 83.3 Å². The Hall–Kier alpha value is -9.61. The maximum absolute atomic E-state index is 8.73. The summed E-state index contributed by atoms with van der Waals surface area (Å²) < 4.78 is 62.4. The molecule has 0 radical (unpaired) electrons. The summed E-state index contributed by atoms with van der Waals surface area (Å²) in [5, 5.41) is 1.94. The first kappa shape index (κ1) is 46.2. The van der Waals surface area contributed by atoms with Crippen molar-refractivity contribution >= 4 is 27.5 Å².